The van der Waals surface area contributed by atoms with Crippen molar-refractivity contribution in [2.75, 3.05) is 13.2 Å². The summed E-state index contributed by atoms with van der Waals surface area (Å²) < 4.78 is 7.86. The Hall–Kier alpha value is -1.09. The first-order chi connectivity index (χ1) is 8.48. The minimum atomic E-state index is 0.0894. The molecule has 1 aliphatic heterocycles. The normalized spacial score (nSPS) is 26.4. The van der Waals surface area contributed by atoms with Crippen LogP contribution >= 0.6 is 0 Å². The number of fused-ring (bicyclic) bond motifs is 1. The second-order valence-electron chi connectivity index (χ2n) is 6.47. The van der Waals surface area contributed by atoms with Crippen molar-refractivity contribution in [3.05, 3.63) is 23.0 Å². The van der Waals surface area contributed by atoms with Crippen LogP contribution in [0.1, 0.15) is 54.5 Å². The third kappa shape index (κ3) is 1.81. The smallest absolute Gasteiger partial charge is 0.165 e. The predicted octanol–water partition coefficient (Wildman–Crippen LogP) is 2.91. The van der Waals surface area contributed by atoms with E-state index in [0.717, 1.165) is 31.6 Å². The molecule has 3 rings (SSSR count). The highest BCUT2D eigenvalue weighted by atomic mass is 16.5. The lowest BCUT2D eigenvalue weighted by atomic mass is 9.76. The number of ether oxygens (including phenoxy) is 1. The van der Waals surface area contributed by atoms with Crippen LogP contribution < -0.4 is 0 Å². The van der Waals surface area contributed by atoms with Gasteiger partial charge in [-0.2, -0.15) is 0 Å². The van der Waals surface area contributed by atoms with Crippen LogP contribution in [0.3, 0.4) is 0 Å². The molecule has 0 N–H and O–H groups in total. The van der Waals surface area contributed by atoms with E-state index >= 15 is 0 Å². The van der Waals surface area contributed by atoms with Gasteiger partial charge in [0.1, 0.15) is 0 Å². The fourth-order valence-corrected chi connectivity index (χ4v) is 3.41. The van der Waals surface area contributed by atoms with Gasteiger partial charge in [-0.25, -0.2) is 0 Å². The molecular weight excluding hydrogens is 226 g/mol. The van der Waals surface area contributed by atoms with Crippen molar-refractivity contribution in [3.8, 4) is 0 Å². The molecule has 1 aliphatic carbocycles. The van der Waals surface area contributed by atoms with Crippen LogP contribution in [0.15, 0.2) is 6.07 Å². The second-order valence-corrected chi connectivity index (χ2v) is 6.47. The predicted molar refractivity (Wildman–Crippen MR) is 70.1 cm³/mol. The molecule has 0 bridgehead atoms. The van der Waals surface area contributed by atoms with Gasteiger partial charge in [0.05, 0.1) is 12.6 Å². The average molecular weight is 247 g/mol. The molecule has 0 spiro atoms. The van der Waals surface area contributed by atoms with Crippen molar-refractivity contribution in [2.45, 2.75) is 46.1 Å². The third-order valence-electron chi connectivity index (χ3n) is 4.19. The van der Waals surface area contributed by atoms with Crippen LogP contribution in [0.2, 0.25) is 0 Å². The first-order valence-corrected chi connectivity index (χ1v) is 6.79. The van der Waals surface area contributed by atoms with Gasteiger partial charge in [0, 0.05) is 30.0 Å². The number of nitrogens with zero attached hydrogens (tertiary/aromatic N) is 1. The molecule has 3 heteroatoms. The van der Waals surface area contributed by atoms with E-state index in [-0.39, 0.29) is 5.41 Å². The number of hydrogen-bond donors (Lipinski definition) is 0. The molecule has 2 heterocycles. The number of rotatable bonds is 1. The van der Waals surface area contributed by atoms with E-state index in [2.05, 4.69) is 31.4 Å². The van der Waals surface area contributed by atoms with Gasteiger partial charge >= 0.3 is 0 Å². The minimum Gasteiger partial charge on any atom is -0.379 e. The van der Waals surface area contributed by atoms with Gasteiger partial charge in [-0.3, -0.25) is 4.79 Å². The Balaban J connectivity index is 2.08. The Labute approximate surface area is 108 Å². The summed E-state index contributed by atoms with van der Waals surface area (Å²) in [5.74, 6) is 0.307. The summed E-state index contributed by atoms with van der Waals surface area (Å²) in [6, 6.07) is 2.50. The molecule has 98 valence electrons. The standard InChI is InChI=1S/C15H21NO2/c1-10-6-12-13(7-15(2,3)8-14(12)17)16(10)11-4-5-18-9-11/h6,11H,4-5,7-9H2,1-3H3. The fourth-order valence-electron chi connectivity index (χ4n) is 3.41. The summed E-state index contributed by atoms with van der Waals surface area (Å²) in [7, 11) is 0. The lowest BCUT2D eigenvalue weighted by Gasteiger charge is -2.31. The van der Waals surface area contributed by atoms with E-state index in [1.165, 1.54) is 11.4 Å². The minimum absolute atomic E-state index is 0.0894. The van der Waals surface area contributed by atoms with Gasteiger partial charge in [-0.15, -0.1) is 0 Å². The Morgan fingerprint density at radius 3 is 2.83 bits per heavy atom. The Morgan fingerprint density at radius 2 is 2.17 bits per heavy atom. The highest BCUT2D eigenvalue weighted by molar-refractivity contribution is 5.99. The monoisotopic (exact) mass is 247 g/mol. The van der Waals surface area contributed by atoms with E-state index in [9.17, 15) is 4.79 Å². The number of aromatic nitrogens is 1. The molecule has 18 heavy (non-hydrogen) atoms. The van der Waals surface area contributed by atoms with Gasteiger partial charge in [-0.1, -0.05) is 13.8 Å². The van der Waals surface area contributed by atoms with Crippen LogP contribution in [0, 0.1) is 12.3 Å². The van der Waals surface area contributed by atoms with Crippen LogP contribution in [0.4, 0.5) is 0 Å². The molecule has 3 nitrogen and oxygen atoms in total. The molecular formula is C15H21NO2. The summed E-state index contributed by atoms with van der Waals surface area (Å²) in [5, 5.41) is 0. The van der Waals surface area contributed by atoms with Gasteiger partial charge in [0.15, 0.2) is 5.78 Å². The van der Waals surface area contributed by atoms with E-state index in [0.29, 0.717) is 18.2 Å². The summed E-state index contributed by atoms with van der Waals surface area (Å²) in [4.78, 5) is 12.2. The lowest BCUT2D eigenvalue weighted by molar-refractivity contribution is 0.0909. The molecule has 1 aromatic rings. The molecule has 0 radical (unpaired) electrons. The Kier molecular flexibility index (Phi) is 2.63. The Morgan fingerprint density at radius 1 is 1.39 bits per heavy atom. The molecule has 0 aromatic carbocycles. The highest BCUT2D eigenvalue weighted by Crippen LogP contribution is 2.38. The van der Waals surface area contributed by atoms with E-state index in [1.807, 2.05) is 0 Å². The summed E-state index contributed by atoms with van der Waals surface area (Å²) in [5.41, 5.74) is 3.50. The van der Waals surface area contributed by atoms with Crippen molar-refractivity contribution < 1.29 is 9.53 Å². The second kappa shape index (κ2) is 3.95. The van der Waals surface area contributed by atoms with Crippen molar-refractivity contribution in [1.29, 1.82) is 0 Å². The first-order valence-electron chi connectivity index (χ1n) is 6.79. The average Bonchev–Trinajstić information content (AvgIpc) is 2.83. The summed E-state index contributed by atoms with van der Waals surface area (Å²) >= 11 is 0. The maximum atomic E-state index is 12.2. The maximum absolute atomic E-state index is 12.2. The Bertz CT molecular complexity index is 493. The van der Waals surface area contributed by atoms with Crippen LogP contribution in [0.25, 0.3) is 0 Å². The zero-order valence-corrected chi connectivity index (χ0v) is 11.5. The van der Waals surface area contributed by atoms with E-state index in [1.54, 1.807) is 0 Å². The number of aryl methyl sites for hydroxylation is 1. The number of ketones is 1. The first kappa shape index (κ1) is 12.0. The number of carbonyl (C=O) groups is 1. The topological polar surface area (TPSA) is 31.2 Å². The van der Waals surface area contributed by atoms with Gasteiger partial charge in [0.2, 0.25) is 0 Å². The SMILES string of the molecule is Cc1cc2c(n1C1CCOC1)CC(C)(C)CC2=O. The fraction of sp³-hybridized carbons (Fsp3) is 0.667. The van der Waals surface area contributed by atoms with Gasteiger partial charge < -0.3 is 9.30 Å². The van der Waals surface area contributed by atoms with Crippen molar-refractivity contribution in [3.63, 3.8) is 0 Å². The zero-order valence-electron chi connectivity index (χ0n) is 11.5. The van der Waals surface area contributed by atoms with Crippen molar-refractivity contribution in [2.24, 2.45) is 5.41 Å². The highest BCUT2D eigenvalue weighted by Gasteiger charge is 2.35. The van der Waals surface area contributed by atoms with E-state index < -0.39 is 0 Å². The molecule has 0 saturated carbocycles. The van der Waals surface area contributed by atoms with E-state index in [4.69, 9.17) is 4.74 Å². The summed E-state index contributed by atoms with van der Waals surface area (Å²) in [6.07, 6.45) is 2.74. The molecule has 2 aliphatic rings. The molecule has 1 atom stereocenters. The molecule has 1 saturated heterocycles. The molecule has 1 aromatic heterocycles. The molecule has 1 unspecified atom stereocenters. The van der Waals surface area contributed by atoms with Crippen LogP contribution in [0.5, 0.6) is 0 Å². The lowest BCUT2D eigenvalue weighted by Crippen LogP contribution is -2.29. The van der Waals surface area contributed by atoms with Crippen LogP contribution in [-0.4, -0.2) is 23.6 Å². The number of Topliss-reactive ketones (excluding diaryl/α,β-unsaturated/α-hetero) is 1. The summed E-state index contributed by atoms with van der Waals surface area (Å²) in [6.45, 7) is 8.11. The van der Waals surface area contributed by atoms with Crippen LogP contribution in [-0.2, 0) is 11.2 Å². The van der Waals surface area contributed by atoms with Gasteiger partial charge in [-0.05, 0) is 31.2 Å². The van der Waals surface area contributed by atoms with Crippen molar-refractivity contribution in [1.82, 2.24) is 4.57 Å². The van der Waals surface area contributed by atoms with Crippen molar-refractivity contribution >= 4 is 5.78 Å². The number of carbonyl (C=O) groups excluding carboxylic acids is 1. The molecule has 0 amide bonds. The maximum Gasteiger partial charge on any atom is 0.165 e. The number of hydrogen-bond acceptors (Lipinski definition) is 2. The zero-order chi connectivity index (χ0) is 12.9. The quantitative estimate of drug-likeness (QED) is 0.764. The third-order valence-corrected chi connectivity index (χ3v) is 4.19. The van der Waals surface area contributed by atoms with Gasteiger partial charge in [0.25, 0.3) is 0 Å². The molecule has 1 fully saturated rings. The largest absolute Gasteiger partial charge is 0.379 e.